The first-order valence-electron chi connectivity index (χ1n) is 9.96. The lowest BCUT2D eigenvalue weighted by molar-refractivity contribution is 0.424. The number of nitrogens with zero attached hydrogens (tertiary/aromatic N) is 3. The molecule has 0 saturated carbocycles. The monoisotopic (exact) mass is 405 g/mol. The molecule has 2 aliphatic heterocycles. The van der Waals surface area contributed by atoms with Gasteiger partial charge in [0, 0.05) is 37.1 Å². The maximum atomic E-state index is 12.9. The molecule has 0 radical (unpaired) electrons. The summed E-state index contributed by atoms with van der Waals surface area (Å²) < 4.78 is 27.5. The summed E-state index contributed by atoms with van der Waals surface area (Å²) in [4.78, 5) is 7.53. The predicted octanol–water partition coefficient (Wildman–Crippen LogP) is 4.37. The summed E-state index contributed by atoms with van der Waals surface area (Å²) in [5, 5.41) is 3.15. The summed E-state index contributed by atoms with van der Waals surface area (Å²) in [6.07, 6.45) is 7.92. The highest BCUT2D eigenvalue weighted by atomic mass is 32.2. The molecule has 0 N–H and O–H groups in total. The molecule has 5 nitrogen and oxygen atoms in total. The lowest BCUT2D eigenvalue weighted by Gasteiger charge is -2.25. The number of aromatic nitrogens is 1. The number of piperidine rings is 1. The van der Waals surface area contributed by atoms with Crippen molar-refractivity contribution in [2.24, 2.45) is 0 Å². The molecular formula is C20H27N3O2S2. The molecule has 4 rings (SSSR count). The molecule has 2 fully saturated rings. The van der Waals surface area contributed by atoms with Crippen molar-refractivity contribution >= 4 is 26.5 Å². The summed E-state index contributed by atoms with van der Waals surface area (Å²) >= 11 is 1.67. The largest absolute Gasteiger partial charge is 0.348 e. The van der Waals surface area contributed by atoms with Crippen LogP contribution in [0.5, 0.6) is 0 Å². The molecule has 0 aliphatic carbocycles. The maximum absolute atomic E-state index is 12.9. The smallest absolute Gasteiger partial charge is 0.243 e. The zero-order valence-electron chi connectivity index (χ0n) is 15.6. The fourth-order valence-corrected chi connectivity index (χ4v) is 6.26. The number of hydrogen-bond acceptors (Lipinski definition) is 5. The predicted molar refractivity (Wildman–Crippen MR) is 111 cm³/mol. The quantitative estimate of drug-likeness (QED) is 0.758. The van der Waals surface area contributed by atoms with Gasteiger partial charge in [0.2, 0.25) is 10.0 Å². The van der Waals surface area contributed by atoms with E-state index in [1.807, 2.05) is 12.1 Å². The van der Waals surface area contributed by atoms with Crippen molar-refractivity contribution in [3.8, 4) is 11.3 Å². The van der Waals surface area contributed by atoms with Crippen LogP contribution in [0.2, 0.25) is 0 Å². The second kappa shape index (κ2) is 8.29. The molecule has 0 spiro atoms. The third kappa shape index (κ3) is 4.20. The van der Waals surface area contributed by atoms with E-state index in [9.17, 15) is 8.42 Å². The van der Waals surface area contributed by atoms with Gasteiger partial charge in [0.05, 0.1) is 10.6 Å². The van der Waals surface area contributed by atoms with E-state index in [0.29, 0.717) is 18.0 Å². The number of hydrogen-bond donors (Lipinski definition) is 0. The van der Waals surface area contributed by atoms with Gasteiger partial charge in [-0.1, -0.05) is 25.0 Å². The average molecular weight is 406 g/mol. The van der Waals surface area contributed by atoms with Crippen molar-refractivity contribution in [2.45, 2.75) is 49.8 Å². The van der Waals surface area contributed by atoms with Gasteiger partial charge in [-0.25, -0.2) is 13.4 Å². The van der Waals surface area contributed by atoms with Crippen molar-refractivity contribution < 1.29 is 8.42 Å². The zero-order valence-corrected chi connectivity index (χ0v) is 17.3. The van der Waals surface area contributed by atoms with Gasteiger partial charge in [0.25, 0.3) is 0 Å². The van der Waals surface area contributed by atoms with Gasteiger partial charge in [0.1, 0.15) is 0 Å². The number of anilines is 1. The molecule has 2 aromatic rings. The summed E-state index contributed by atoms with van der Waals surface area (Å²) in [6, 6.07) is 7.24. The van der Waals surface area contributed by atoms with E-state index >= 15 is 0 Å². The Balaban J connectivity index is 1.51. The minimum Gasteiger partial charge on any atom is -0.348 e. The molecule has 0 unspecified atom stereocenters. The van der Waals surface area contributed by atoms with Crippen LogP contribution in [-0.2, 0) is 10.0 Å². The van der Waals surface area contributed by atoms with Gasteiger partial charge in [-0.3, -0.25) is 0 Å². The van der Waals surface area contributed by atoms with Crippen LogP contribution in [0.25, 0.3) is 11.3 Å². The van der Waals surface area contributed by atoms with Crippen LogP contribution in [-0.4, -0.2) is 43.9 Å². The first-order valence-corrected chi connectivity index (χ1v) is 12.3. The van der Waals surface area contributed by atoms with Crippen LogP contribution in [0, 0.1) is 0 Å². The Morgan fingerprint density at radius 2 is 1.41 bits per heavy atom. The fourth-order valence-electron chi connectivity index (χ4n) is 3.86. The SMILES string of the molecule is O=S(=O)(c1ccc(-c2csc(N3CCCCC3)n2)cc1)N1CCCCCC1. The normalized spacial score (nSPS) is 19.8. The van der Waals surface area contributed by atoms with Crippen LogP contribution in [0.15, 0.2) is 34.5 Å². The van der Waals surface area contributed by atoms with Crippen LogP contribution in [0.3, 0.4) is 0 Å². The highest BCUT2D eigenvalue weighted by Crippen LogP contribution is 2.30. The van der Waals surface area contributed by atoms with Gasteiger partial charge in [-0.2, -0.15) is 4.31 Å². The van der Waals surface area contributed by atoms with Gasteiger partial charge >= 0.3 is 0 Å². The molecular weight excluding hydrogens is 378 g/mol. The molecule has 1 aromatic carbocycles. The standard InChI is InChI=1S/C20H27N3O2S2/c24-27(25,23-14-6-1-2-7-15-23)18-10-8-17(9-11-18)19-16-26-20(21-19)22-12-4-3-5-13-22/h8-11,16H,1-7,12-15H2. The molecule has 3 heterocycles. The third-order valence-electron chi connectivity index (χ3n) is 5.47. The minimum absolute atomic E-state index is 0.389. The van der Waals surface area contributed by atoms with Crippen molar-refractivity contribution in [2.75, 3.05) is 31.1 Å². The molecule has 0 amide bonds. The molecule has 2 aliphatic rings. The molecule has 0 atom stereocenters. The Hall–Kier alpha value is -1.44. The van der Waals surface area contributed by atoms with Crippen LogP contribution in [0.4, 0.5) is 5.13 Å². The Labute approximate surface area is 166 Å². The molecule has 1 aromatic heterocycles. The number of benzene rings is 1. The number of sulfonamides is 1. The first-order chi connectivity index (χ1) is 13.1. The highest BCUT2D eigenvalue weighted by molar-refractivity contribution is 7.89. The van der Waals surface area contributed by atoms with Crippen LogP contribution in [0.1, 0.15) is 44.9 Å². The van der Waals surface area contributed by atoms with Crippen LogP contribution < -0.4 is 4.90 Å². The maximum Gasteiger partial charge on any atom is 0.243 e. The van der Waals surface area contributed by atoms with Crippen molar-refractivity contribution in [3.05, 3.63) is 29.6 Å². The van der Waals surface area contributed by atoms with Crippen molar-refractivity contribution in [1.29, 1.82) is 0 Å². The summed E-state index contributed by atoms with van der Waals surface area (Å²) in [7, 11) is -3.39. The van der Waals surface area contributed by atoms with E-state index in [1.165, 1.54) is 19.3 Å². The van der Waals surface area contributed by atoms with Gasteiger partial charge in [-0.15, -0.1) is 11.3 Å². The number of thiazole rings is 1. The van der Waals surface area contributed by atoms with E-state index in [-0.39, 0.29) is 0 Å². The number of rotatable bonds is 4. The second-order valence-corrected chi connectivity index (χ2v) is 10.2. The molecule has 7 heteroatoms. The van der Waals surface area contributed by atoms with Gasteiger partial charge in [-0.05, 0) is 44.2 Å². The minimum atomic E-state index is -3.39. The zero-order chi connectivity index (χ0) is 18.7. The Morgan fingerprint density at radius 3 is 2.07 bits per heavy atom. The molecule has 146 valence electrons. The summed E-state index contributed by atoms with van der Waals surface area (Å²) in [5.74, 6) is 0. The lowest BCUT2D eigenvalue weighted by Crippen LogP contribution is -2.31. The second-order valence-electron chi connectivity index (χ2n) is 7.41. The summed E-state index contributed by atoms with van der Waals surface area (Å²) in [6.45, 7) is 3.44. The Bertz CT molecular complexity index is 848. The van der Waals surface area contributed by atoms with Gasteiger partial charge < -0.3 is 4.90 Å². The summed E-state index contributed by atoms with van der Waals surface area (Å²) in [5.41, 5.74) is 1.91. The van der Waals surface area contributed by atoms with Crippen molar-refractivity contribution in [3.63, 3.8) is 0 Å². The van der Waals surface area contributed by atoms with E-state index in [4.69, 9.17) is 4.98 Å². The van der Waals surface area contributed by atoms with E-state index in [2.05, 4.69) is 10.3 Å². The molecule has 27 heavy (non-hydrogen) atoms. The van der Waals surface area contributed by atoms with E-state index in [1.54, 1.807) is 27.8 Å². The van der Waals surface area contributed by atoms with E-state index < -0.39 is 10.0 Å². The van der Waals surface area contributed by atoms with Crippen molar-refractivity contribution in [1.82, 2.24) is 9.29 Å². The molecule has 2 saturated heterocycles. The first kappa shape index (κ1) is 18.9. The molecule has 0 bridgehead atoms. The lowest BCUT2D eigenvalue weighted by atomic mass is 10.1. The van der Waals surface area contributed by atoms with E-state index in [0.717, 1.165) is 55.2 Å². The highest BCUT2D eigenvalue weighted by Gasteiger charge is 2.25. The van der Waals surface area contributed by atoms with Gasteiger partial charge in [0.15, 0.2) is 5.13 Å². The Morgan fingerprint density at radius 1 is 0.815 bits per heavy atom. The Kier molecular flexibility index (Phi) is 5.80. The third-order valence-corrected chi connectivity index (χ3v) is 8.29. The topological polar surface area (TPSA) is 53.5 Å². The average Bonchev–Trinajstić information content (AvgIpc) is 3.03. The fraction of sp³-hybridized carbons (Fsp3) is 0.550. The van der Waals surface area contributed by atoms with Crippen LogP contribution >= 0.6 is 11.3 Å².